The van der Waals surface area contributed by atoms with Gasteiger partial charge in [0.15, 0.2) is 6.10 Å². The molecular weight excluding hydrogens is 386 g/mol. The number of nitrogens with zero attached hydrogens (tertiary/aromatic N) is 1. The van der Waals surface area contributed by atoms with E-state index in [1.54, 1.807) is 27.3 Å². The number of aliphatic carboxylic acids is 1. The van der Waals surface area contributed by atoms with Crippen LogP contribution in [0, 0.1) is 0 Å². The Morgan fingerprint density at radius 2 is 1.90 bits per heavy atom. The van der Waals surface area contributed by atoms with Crippen LogP contribution in [0.15, 0.2) is 48.7 Å². The van der Waals surface area contributed by atoms with E-state index in [1.807, 2.05) is 42.5 Å². The van der Waals surface area contributed by atoms with Crippen LogP contribution in [0.5, 0.6) is 17.2 Å². The monoisotopic (exact) mass is 411 g/mol. The van der Waals surface area contributed by atoms with Crippen molar-refractivity contribution in [3.05, 3.63) is 59.8 Å². The van der Waals surface area contributed by atoms with Crippen LogP contribution in [-0.2, 0) is 22.6 Å². The molecule has 0 aliphatic heterocycles. The van der Waals surface area contributed by atoms with Crippen molar-refractivity contribution in [2.45, 2.75) is 26.1 Å². The number of methoxy groups -OCH3 is 2. The number of hydrogen-bond acceptors (Lipinski definition) is 6. The van der Waals surface area contributed by atoms with Gasteiger partial charge in [-0.1, -0.05) is 18.2 Å². The molecule has 0 amide bonds. The number of carboxylic acid groups (broad SMARTS) is 1. The maximum Gasteiger partial charge on any atom is 0.333 e. The van der Waals surface area contributed by atoms with Crippen LogP contribution >= 0.6 is 0 Å². The lowest BCUT2D eigenvalue weighted by Gasteiger charge is -2.17. The average Bonchev–Trinajstić information content (AvgIpc) is 2.77. The number of carboxylic acids is 1. The van der Waals surface area contributed by atoms with E-state index in [2.05, 4.69) is 4.98 Å². The number of fused-ring (bicyclic) bond motifs is 1. The van der Waals surface area contributed by atoms with E-state index in [9.17, 15) is 9.90 Å². The summed E-state index contributed by atoms with van der Waals surface area (Å²) in [6.07, 6.45) is 1.00. The third-order valence-electron chi connectivity index (χ3n) is 4.71. The van der Waals surface area contributed by atoms with Crippen molar-refractivity contribution in [3.63, 3.8) is 0 Å². The van der Waals surface area contributed by atoms with Gasteiger partial charge in [0.05, 0.1) is 25.3 Å². The van der Waals surface area contributed by atoms with E-state index < -0.39 is 12.1 Å². The Labute approximate surface area is 175 Å². The minimum Gasteiger partial charge on any atom is -0.497 e. The van der Waals surface area contributed by atoms with Crippen molar-refractivity contribution in [2.24, 2.45) is 0 Å². The summed E-state index contributed by atoms with van der Waals surface area (Å²) in [6.45, 7) is 2.31. The smallest absolute Gasteiger partial charge is 0.333 e. The molecule has 0 aliphatic rings. The first-order chi connectivity index (χ1) is 14.6. The Kier molecular flexibility index (Phi) is 7.08. The zero-order chi connectivity index (χ0) is 21.5. The van der Waals surface area contributed by atoms with Gasteiger partial charge in [-0.3, -0.25) is 4.98 Å². The molecule has 0 saturated carbocycles. The maximum absolute atomic E-state index is 11.4. The SMILES string of the molecule is CCOC(Cc1ccccc1OCc1cnc2ccc(OC)cc2c1OC)C(=O)O. The van der Waals surface area contributed by atoms with Crippen LogP contribution in [-0.4, -0.2) is 43.0 Å². The van der Waals surface area contributed by atoms with Gasteiger partial charge in [0.25, 0.3) is 0 Å². The summed E-state index contributed by atoms with van der Waals surface area (Å²) in [7, 11) is 3.21. The second-order valence-electron chi connectivity index (χ2n) is 6.58. The van der Waals surface area contributed by atoms with Crippen molar-refractivity contribution in [1.29, 1.82) is 0 Å². The normalized spacial score (nSPS) is 11.8. The van der Waals surface area contributed by atoms with Gasteiger partial charge in [0.1, 0.15) is 23.9 Å². The second-order valence-corrected chi connectivity index (χ2v) is 6.58. The number of ether oxygens (including phenoxy) is 4. The molecule has 1 atom stereocenters. The van der Waals surface area contributed by atoms with Gasteiger partial charge in [-0.05, 0) is 36.8 Å². The molecule has 0 fully saturated rings. The predicted octanol–water partition coefficient (Wildman–Crippen LogP) is 3.86. The van der Waals surface area contributed by atoms with Crippen LogP contribution < -0.4 is 14.2 Å². The molecule has 2 aromatic carbocycles. The molecule has 0 saturated heterocycles. The highest BCUT2D eigenvalue weighted by Gasteiger charge is 2.20. The van der Waals surface area contributed by atoms with Gasteiger partial charge < -0.3 is 24.1 Å². The summed E-state index contributed by atoms with van der Waals surface area (Å²) in [5.41, 5.74) is 2.32. The van der Waals surface area contributed by atoms with E-state index in [0.29, 0.717) is 23.9 Å². The number of aromatic nitrogens is 1. The number of hydrogen-bond donors (Lipinski definition) is 1. The lowest BCUT2D eigenvalue weighted by molar-refractivity contribution is -0.149. The Hall–Kier alpha value is -3.32. The summed E-state index contributed by atoms with van der Waals surface area (Å²) >= 11 is 0. The summed E-state index contributed by atoms with van der Waals surface area (Å²) in [4.78, 5) is 15.9. The first-order valence-electron chi connectivity index (χ1n) is 9.62. The van der Waals surface area contributed by atoms with E-state index >= 15 is 0 Å². The van der Waals surface area contributed by atoms with Crippen LogP contribution in [0.2, 0.25) is 0 Å². The molecule has 7 nitrogen and oxygen atoms in total. The quantitative estimate of drug-likeness (QED) is 0.542. The zero-order valence-corrected chi connectivity index (χ0v) is 17.3. The molecule has 3 rings (SSSR count). The number of carbonyl (C=O) groups is 1. The Bertz CT molecular complexity index is 1020. The lowest BCUT2D eigenvalue weighted by Crippen LogP contribution is -2.26. The number of pyridine rings is 1. The first-order valence-corrected chi connectivity index (χ1v) is 9.62. The molecule has 7 heteroatoms. The molecule has 0 bridgehead atoms. The highest BCUT2D eigenvalue weighted by molar-refractivity contribution is 5.87. The topological polar surface area (TPSA) is 87.1 Å². The van der Waals surface area contributed by atoms with Crippen LogP contribution in [0.1, 0.15) is 18.1 Å². The Morgan fingerprint density at radius 3 is 2.60 bits per heavy atom. The van der Waals surface area contributed by atoms with Crippen LogP contribution in [0.25, 0.3) is 10.9 Å². The summed E-state index contributed by atoms with van der Waals surface area (Å²) < 4.78 is 22.3. The van der Waals surface area contributed by atoms with Crippen molar-refractivity contribution >= 4 is 16.9 Å². The van der Waals surface area contributed by atoms with E-state index in [-0.39, 0.29) is 13.0 Å². The van der Waals surface area contributed by atoms with Gasteiger partial charge in [0.2, 0.25) is 0 Å². The Morgan fingerprint density at radius 1 is 1.10 bits per heavy atom. The molecule has 3 aromatic rings. The molecule has 0 spiro atoms. The van der Waals surface area contributed by atoms with Gasteiger partial charge in [-0.25, -0.2) is 4.79 Å². The largest absolute Gasteiger partial charge is 0.497 e. The third kappa shape index (κ3) is 4.80. The average molecular weight is 411 g/mol. The first kappa shape index (κ1) is 21.4. The lowest BCUT2D eigenvalue weighted by atomic mass is 10.1. The molecule has 0 radical (unpaired) electrons. The highest BCUT2D eigenvalue weighted by Crippen LogP contribution is 2.32. The van der Waals surface area contributed by atoms with E-state index in [4.69, 9.17) is 18.9 Å². The van der Waals surface area contributed by atoms with E-state index in [0.717, 1.165) is 22.0 Å². The van der Waals surface area contributed by atoms with Gasteiger partial charge in [0, 0.05) is 24.6 Å². The van der Waals surface area contributed by atoms with Crippen LogP contribution in [0.4, 0.5) is 0 Å². The molecule has 1 unspecified atom stereocenters. The van der Waals surface area contributed by atoms with Crippen molar-refractivity contribution < 1.29 is 28.8 Å². The van der Waals surface area contributed by atoms with Gasteiger partial charge >= 0.3 is 5.97 Å². The highest BCUT2D eigenvalue weighted by atomic mass is 16.5. The van der Waals surface area contributed by atoms with E-state index in [1.165, 1.54) is 0 Å². The molecule has 1 N–H and O–H groups in total. The van der Waals surface area contributed by atoms with Gasteiger partial charge in [-0.2, -0.15) is 0 Å². The second kappa shape index (κ2) is 9.93. The summed E-state index contributed by atoms with van der Waals surface area (Å²) in [5.74, 6) is 0.966. The predicted molar refractivity (Wildman–Crippen MR) is 112 cm³/mol. The number of benzene rings is 2. The molecule has 0 aliphatic carbocycles. The molecule has 1 aromatic heterocycles. The molecule has 1 heterocycles. The van der Waals surface area contributed by atoms with Crippen molar-refractivity contribution in [2.75, 3.05) is 20.8 Å². The Balaban J connectivity index is 1.85. The zero-order valence-electron chi connectivity index (χ0n) is 17.3. The molecular formula is C23H25NO6. The maximum atomic E-state index is 11.4. The fraction of sp³-hybridized carbons (Fsp3) is 0.304. The molecule has 30 heavy (non-hydrogen) atoms. The molecule has 158 valence electrons. The fourth-order valence-corrected chi connectivity index (χ4v) is 3.25. The minimum atomic E-state index is -0.999. The van der Waals surface area contributed by atoms with Crippen LogP contribution in [0.3, 0.4) is 0 Å². The third-order valence-corrected chi connectivity index (χ3v) is 4.71. The van der Waals surface area contributed by atoms with Gasteiger partial charge in [-0.15, -0.1) is 0 Å². The summed E-state index contributed by atoms with van der Waals surface area (Å²) in [6, 6.07) is 12.9. The fourth-order valence-electron chi connectivity index (χ4n) is 3.25. The van der Waals surface area contributed by atoms with Crippen molar-refractivity contribution in [3.8, 4) is 17.2 Å². The van der Waals surface area contributed by atoms with Crippen molar-refractivity contribution in [1.82, 2.24) is 4.98 Å². The summed E-state index contributed by atoms with van der Waals surface area (Å²) in [5, 5.41) is 10.2. The number of para-hydroxylation sites is 1. The number of rotatable bonds is 10. The minimum absolute atomic E-state index is 0.212. The standard InChI is InChI=1S/C23H25NO6/c1-4-29-21(23(25)26)11-15-7-5-6-8-20(15)30-14-16-13-24-19-10-9-17(27-2)12-18(19)22(16)28-3/h5-10,12-13,21H,4,11,14H2,1-3H3,(H,25,26).